The Morgan fingerprint density at radius 3 is 2.76 bits per heavy atom. The number of aromatic amines is 1. The van der Waals surface area contributed by atoms with Crippen LogP contribution in [0.15, 0.2) is 29.3 Å². The summed E-state index contributed by atoms with van der Waals surface area (Å²) in [7, 11) is -3.74. The van der Waals surface area contributed by atoms with Gasteiger partial charge < -0.3 is 15.2 Å². The monoisotopic (exact) mass is 415 g/mol. The highest BCUT2D eigenvalue weighted by molar-refractivity contribution is 7.89. The molecule has 0 aliphatic carbocycles. The van der Waals surface area contributed by atoms with E-state index in [9.17, 15) is 13.2 Å². The number of hydrogen-bond donors (Lipinski definition) is 2. The summed E-state index contributed by atoms with van der Waals surface area (Å²) < 4.78 is 28.6. The van der Waals surface area contributed by atoms with Gasteiger partial charge in [0.05, 0.1) is 16.2 Å². The van der Waals surface area contributed by atoms with Gasteiger partial charge in [0, 0.05) is 37.1 Å². The zero-order valence-electron chi connectivity index (χ0n) is 16.6. The minimum atomic E-state index is -3.74. The van der Waals surface area contributed by atoms with Crippen LogP contribution < -0.4 is 5.32 Å². The molecular weight excluding hydrogens is 390 g/mol. The summed E-state index contributed by atoms with van der Waals surface area (Å²) in [4.78, 5) is 22.3. The number of sulfonamides is 1. The zero-order valence-corrected chi connectivity index (χ0v) is 17.4. The molecule has 2 aromatic rings. The number of carbonyl (C=O) groups is 1. The lowest BCUT2D eigenvalue weighted by Crippen LogP contribution is -2.35. The molecule has 0 radical (unpaired) electrons. The molecule has 1 amide bonds. The van der Waals surface area contributed by atoms with Gasteiger partial charge in [-0.25, -0.2) is 13.4 Å². The second-order valence-electron chi connectivity index (χ2n) is 7.33. The van der Waals surface area contributed by atoms with Gasteiger partial charge in [0.1, 0.15) is 5.82 Å². The van der Waals surface area contributed by atoms with Crippen LogP contribution in [0.3, 0.4) is 0 Å². The average Bonchev–Trinajstić information content (AvgIpc) is 3.13. The lowest BCUT2D eigenvalue weighted by atomic mass is 10.1. The lowest BCUT2D eigenvalue weighted by molar-refractivity contribution is -0.110. The molecule has 2 aliphatic heterocycles. The molecule has 2 N–H and O–H groups in total. The van der Waals surface area contributed by atoms with Crippen LogP contribution >= 0.6 is 0 Å². The van der Waals surface area contributed by atoms with E-state index in [1.165, 1.54) is 4.31 Å². The number of rotatable bonds is 4. The Kier molecular flexibility index (Phi) is 5.28. The Morgan fingerprint density at radius 1 is 1.21 bits per heavy atom. The van der Waals surface area contributed by atoms with Crippen LogP contribution in [0.1, 0.15) is 30.4 Å². The Balaban J connectivity index is 1.76. The van der Waals surface area contributed by atoms with Gasteiger partial charge in [-0.05, 0) is 44.6 Å². The maximum absolute atomic E-state index is 13.5. The average molecular weight is 416 g/mol. The number of H-pyrrole nitrogens is 1. The van der Waals surface area contributed by atoms with Crippen molar-refractivity contribution < 1.29 is 13.2 Å². The van der Waals surface area contributed by atoms with Crippen LogP contribution in [0.2, 0.25) is 0 Å². The summed E-state index contributed by atoms with van der Waals surface area (Å²) in [5, 5.41) is 2.78. The molecule has 29 heavy (non-hydrogen) atoms. The Hall–Kier alpha value is -2.49. The fraction of sp³-hybridized carbons (Fsp3) is 0.400. The first-order valence-electron chi connectivity index (χ1n) is 9.80. The van der Waals surface area contributed by atoms with Crippen molar-refractivity contribution in [1.29, 1.82) is 0 Å². The normalized spacial score (nSPS) is 19.9. The van der Waals surface area contributed by atoms with E-state index >= 15 is 0 Å². The maximum atomic E-state index is 13.5. The number of imidazole rings is 1. The van der Waals surface area contributed by atoms with Gasteiger partial charge in [0.15, 0.2) is 0 Å². The number of aromatic nitrogens is 2. The molecular formula is C20H25N5O3S. The summed E-state index contributed by atoms with van der Waals surface area (Å²) >= 11 is 0. The third-order valence-corrected chi connectivity index (χ3v) is 7.35. The molecule has 1 saturated heterocycles. The van der Waals surface area contributed by atoms with Crippen LogP contribution in [-0.2, 0) is 14.8 Å². The molecule has 8 nitrogen and oxygen atoms in total. The summed E-state index contributed by atoms with van der Waals surface area (Å²) in [5.74, 6) is 0.186. The Bertz CT molecular complexity index is 1070. The van der Waals surface area contributed by atoms with E-state index in [0.717, 1.165) is 25.2 Å². The van der Waals surface area contributed by atoms with Gasteiger partial charge in [-0.3, -0.25) is 4.79 Å². The number of likely N-dealkylation sites (N-methyl/N-ethyl adjacent to an activating group) is 1. The minimum Gasteiger partial charge on any atom is -0.343 e. The number of benzene rings is 1. The van der Waals surface area contributed by atoms with Crippen molar-refractivity contribution in [1.82, 2.24) is 19.2 Å². The lowest BCUT2D eigenvalue weighted by Gasteiger charge is -2.22. The number of anilines is 1. The highest BCUT2D eigenvalue weighted by Gasteiger charge is 2.35. The van der Waals surface area contributed by atoms with E-state index in [-0.39, 0.29) is 10.8 Å². The quantitative estimate of drug-likeness (QED) is 0.744. The highest BCUT2D eigenvalue weighted by atomic mass is 32.2. The molecule has 0 spiro atoms. The molecule has 0 bridgehead atoms. The van der Waals surface area contributed by atoms with Crippen molar-refractivity contribution in [3.63, 3.8) is 0 Å². The first-order chi connectivity index (χ1) is 13.9. The van der Waals surface area contributed by atoms with Gasteiger partial charge in [0.2, 0.25) is 10.0 Å². The first-order valence-corrected chi connectivity index (χ1v) is 11.2. The molecule has 1 aromatic carbocycles. The molecule has 9 heteroatoms. The Morgan fingerprint density at radius 2 is 2.03 bits per heavy atom. The second kappa shape index (κ2) is 7.74. The van der Waals surface area contributed by atoms with Crippen LogP contribution in [-0.4, -0.2) is 66.2 Å². The summed E-state index contributed by atoms with van der Waals surface area (Å²) in [6.45, 7) is 7.36. The van der Waals surface area contributed by atoms with Crippen molar-refractivity contribution in [2.75, 3.05) is 38.0 Å². The molecule has 0 atom stereocenters. The van der Waals surface area contributed by atoms with E-state index in [1.54, 1.807) is 30.5 Å². The van der Waals surface area contributed by atoms with Crippen molar-refractivity contribution in [3.8, 4) is 0 Å². The molecule has 154 valence electrons. The van der Waals surface area contributed by atoms with Gasteiger partial charge >= 0.3 is 0 Å². The molecule has 1 fully saturated rings. The second-order valence-corrected chi connectivity index (χ2v) is 9.24. The summed E-state index contributed by atoms with van der Waals surface area (Å²) in [6, 6.07) is 4.97. The van der Waals surface area contributed by atoms with Crippen LogP contribution in [0.25, 0.3) is 11.6 Å². The van der Waals surface area contributed by atoms with Crippen LogP contribution in [0.4, 0.5) is 5.69 Å². The molecule has 0 saturated carbocycles. The van der Waals surface area contributed by atoms with E-state index in [4.69, 9.17) is 0 Å². The van der Waals surface area contributed by atoms with E-state index in [1.807, 2.05) is 6.92 Å². The minimum absolute atomic E-state index is 0.160. The topological polar surface area (TPSA) is 98.4 Å². The number of hydrogen-bond acceptors (Lipinski definition) is 5. The number of nitrogens with one attached hydrogen (secondary N) is 2. The van der Waals surface area contributed by atoms with Crippen LogP contribution in [0, 0.1) is 6.92 Å². The third-order valence-electron chi connectivity index (χ3n) is 5.40. The fourth-order valence-electron chi connectivity index (χ4n) is 3.85. The van der Waals surface area contributed by atoms with Crippen molar-refractivity contribution >= 4 is 33.3 Å². The van der Waals surface area contributed by atoms with Crippen molar-refractivity contribution in [2.24, 2.45) is 0 Å². The zero-order chi connectivity index (χ0) is 20.6. The molecule has 3 heterocycles. The SMILES string of the molecule is CCN1CCCN(S(=O)(=O)c2cccc3c2C(=Cc2ncc(C)[nH]2)C(=O)N3)CC1. The standard InChI is InChI=1S/C20H25N5O3S/c1-3-24-8-5-9-25(11-10-24)29(27,28)17-7-4-6-16-19(17)15(20(26)23-16)12-18-21-13-14(2)22-18/h4,6-7,12-13H,3,5,8-11H2,1-2H3,(H,21,22)(H,23,26). The molecule has 2 aliphatic rings. The van der Waals surface area contributed by atoms with E-state index in [0.29, 0.717) is 42.3 Å². The van der Waals surface area contributed by atoms with Gasteiger partial charge in [-0.15, -0.1) is 0 Å². The number of nitrogens with zero attached hydrogens (tertiary/aromatic N) is 3. The summed E-state index contributed by atoms with van der Waals surface area (Å²) in [5.41, 5.74) is 2.10. The number of carbonyl (C=O) groups excluding carboxylic acids is 1. The molecule has 0 unspecified atom stereocenters. The predicted octanol–water partition coefficient (Wildman–Crippen LogP) is 1.93. The van der Waals surface area contributed by atoms with Crippen molar-refractivity contribution in [2.45, 2.75) is 25.2 Å². The van der Waals surface area contributed by atoms with Gasteiger partial charge in [-0.2, -0.15) is 4.31 Å². The first kappa shape index (κ1) is 19.8. The smallest absolute Gasteiger partial charge is 0.256 e. The number of amides is 1. The summed E-state index contributed by atoms with van der Waals surface area (Å²) in [6.07, 6.45) is 4.06. The largest absolute Gasteiger partial charge is 0.343 e. The third kappa shape index (κ3) is 3.73. The number of aryl methyl sites for hydroxylation is 1. The van der Waals surface area contributed by atoms with Gasteiger partial charge in [0.25, 0.3) is 5.91 Å². The highest BCUT2D eigenvalue weighted by Crippen LogP contribution is 2.38. The molecule has 4 rings (SSSR count). The van der Waals surface area contributed by atoms with Gasteiger partial charge in [-0.1, -0.05) is 13.0 Å². The maximum Gasteiger partial charge on any atom is 0.256 e. The fourth-order valence-corrected chi connectivity index (χ4v) is 5.55. The number of fused-ring (bicyclic) bond motifs is 1. The predicted molar refractivity (Wildman–Crippen MR) is 112 cm³/mol. The molecule has 1 aromatic heterocycles. The van der Waals surface area contributed by atoms with E-state index < -0.39 is 10.0 Å². The van der Waals surface area contributed by atoms with Crippen molar-refractivity contribution in [3.05, 3.63) is 41.5 Å². The van der Waals surface area contributed by atoms with E-state index in [2.05, 4.69) is 27.1 Å². The van der Waals surface area contributed by atoms with Crippen LogP contribution in [0.5, 0.6) is 0 Å². The Labute approximate surface area is 170 Å².